The van der Waals surface area contributed by atoms with Gasteiger partial charge in [0.1, 0.15) is 11.4 Å². The summed E-state index contributed by atoms with van der Waals surface area (Å²) < 4.78 is 22.0. The third kappa shape index (κ3) is 7.71. The number of pyridine rings is 1. The fourth-order valence-electron chi connectivity index (χ4n) is 3.40. The summed E-state index contributed by atoms with van der Waals surface area (Å²) in [6, 6.07) is 12.6. The fourth-order valence-corrected chi connectivity index (χ4v) is 4.61. The predicted octanol–water partition coefficient (Wildman–Crippen LogP) is 2.26. The second-order valence-electron chi connectivity index (χ2n) is 7.66. The maximum Gasteiger partial charge on any atom is 0.303 e. The molecular formula is C24H26N2O8S. The van der Waals surface area contributed by atoms with Crippen molar-refractivity contribution in [2.45, 2.75) is 51.1 Å². The van der Waals surface area contributed by atoms with Crippen molar-refractivity contribution < 1.29 is 38.1 Å². The van der Waals surface area contributed by atoms with Crippen LogP contribution in [0.4, 0.5) is 0 Å². The van der Waals surface area contributed by atoms with Gasteiger partial charge in [-0.05, 0) is 17.7 Å². The Kier molecular flexibility index (Phi) is 9.07. The van der Waals surface area contributed by atoms with E-state index in [4.69, 9.17) is 18.9 Å². The number of hydrogen-bond acceptors (Lipinski definition) is 10. The number of thioether (sulfide) groups is 1. The molecule has 10 nitrogen and oxygen atoms in total. The van der Waals surface area contributed by atoms with Gasteiger partial charge in [-0.2, -0.15) is 0 Å². The third-order valence-electron chi connectivity index (χ3n) is 4.82. The van der Waals surface area contributed by atoms with Crippen LogP contribution in [0.1, 0.15) is 36.8 Å². The van der Waals surface area contributed by atoms with Crippen molar-refractivity contribution >= 4 is 35.6 Å². The van der Waals surface area contributed by atoms with Gasteiger partial charge in [0.15, 0.2) is 23.7 Å². The second kappa shape index (κ2) is 12.2. The van der Waals surface area contributed by atoms with Gasteiger partial charge in [0.25, 0.3) is 5.91 Å². The number of hydrogen-bond donors (Lipinski definition) is 1. The van der Waals surface area contributed by atoms with Gasteiger partial charge in [-0.3, -0.25) is 19.2 Å². The lowest BCUT2D eigenvalue weighted by Gasteiger charge is -2.39. The Morgan fingerprint density at radius 1 is 0.914 bits per heavy atom. The van der Waals surface area contributed by atoms with Crippen LogP contribution in [0.3, 0.4) is 0 Å². The van der Waals surface area contributed by atoms with Crippen molar-refractivity contribution in [3.05, 3.63) is 59.9 Å². The van der Waals surface area contributed by atoms with Gasteiger partial charge >= 0.3 is 17.9 Å². The number of esters is 3. The Balaban J connectivity index is 1.69. The van der Waals surface area contributed by atoms with Gasteiger partial charge in [-0.1, -0.05) is 30.3 Å². The van der Waals surface area contributed by atoms with E-state index in [1.165, 1.54) is 44.8 Å². The quantitative estimate of drug-likeness (QED) is 0.424. The van der Waals surface area contributed by atoms with Gasteiger partial charge in [0, 0.05) is 33.1 Å². The molecule has 0 saturated carbocycles. The van der Waals surface area contributed by atoms with Crippen molar-refractivity contribution in [1.29, 1.82) is 0 Å². The molecule has 0 radical (unpaired) electrons. The third-order valence-corrected chi connectivity index (χ3v) is 6.04. The predicted molar refractivity (Wildman–Crippen MR) is 125 cm³/mol. The number of nitrogens with one attached hydrogen (secondary N) is 1. The lowest BCUT2D eigenvalue weighted by molar-refractivity contribution is -0.186. The standard InChI is InChI=1S/C24H26N2O8S/c1-14(27)31-20-13-35-24(22(33-16(3)29)21(20)32-15(2)28)34-18-9-10-19(25-12-18)23(30)26-11-17-7-5-4-6-8-17/h4-10,12,20-22,24H,11,13H2,1-3H3,(H,26,30)/t20-,21+,22-,24-/m1/s1. The van der Waals surface area contributed by atoms with Crippen LogP contribution in [0.25, 0.3) is 0 Å². The number of nitrogens with zero attached hydrogens (tertiary/aromatic N) is 1. The molecule has 1 aliphatic heterocycles. The minimum Gasteiger partial charge on any atom is -0.474 e. The molecule has 11 heteroatoms. The van der Waals surface area contributed by atoms with Crippen LogP contribution in [0.2, 0.25) is 0 Å². The molecule has 186 valence electrons. The first-order valence-corrected chi connectivity index (χ1v) is 11.9. The second-order valence-corrected chi connectivity index (χ2v) is 8.79. The summed E-state index contributed by atoms with van der Waals surface area (Å²) in [5.74, 6) is -1.58. The Bertz CT molecular complexity index is 1050. The summed E-state index contributed by atoms with van der Waals surface area (Å²) in [6.07, 6.45) is -1.54. The lowest BCUT2D eigenvalue weighted by Crippen LogP contribution is -2.55. The normalized spacial score (nSPS) is 21.3. The summed E-state index contributed by atoms with van der Waals surface area (Å²) in [6.45, 7) is 4.02. The summed E-state index contributed by atoms with van der Waals surface area (Å²) in [4.78, 5) is 51.5. The van der Waals surface area contributed by atoms with Gasteiger partial charge in [-0.25, -0.2) is 4.98 Å². The highest BCUT2D eigenvalue weighted by Crippen LogP contribution is 2.34. The Labute approximate surface area is 206 Å². The molecule has 1 aromatic carbocycles. The van der Waals surface area contributed by atoms with E-state index >= 15 is 0 Å². The molecule has 0 aliphatic carbocycles. The highest BCUT2D eigenvalue weighted by atomic mass is 32.2. The van der Waals surface area contributed by atoms with Crippen LogP contribution >= 0.6 is 11.8 Å². The number of aromatic nitrogens is 1. The largest absolute Gasteiger partial charge is 0.474 e. The van der Waals surface area contributed by atoms with Crippen LogP contribution < -0.4 is 10.1 Å². The molecule has 0 spiro atoms. The van der Waals surface area contributed by atoms with Crippen molar-refractivity contribution in [3.8, 4) is 5.75 Å². The van der Waals surface area contributed by atoms with Gasteiger partial charge in [0.05, 0.1) is 6.20 Å². The number of rotatable bonds is 8. The molecule has 0 unspecified atom stereocenters. The SMILES string of the molecule is CC(=O)O[C@@H]1[C@@H](OC(C)=O)[C@H](OC(C)=O)CS[C@H]1Oc1ccc(C(=O)NCc2ccccc2)nc1. The molecule has 4 atom stereocenters. The van der Waals surface area contributed by atoms with E-state index in [2.05, 4.69) is 10.3 Å². The van der Waals surface area contributed by atoms with Gasteiger partial charge < -0.3 is 24.3 Å². The number of carbonyl (C=O) groups is 4. The molecule has 1 N–H and O–H groups in total. The molecule has 1 saturated heterocycles. The average molecular weight is 503 g/mol. The topological polar surface area (TPSA) is 130 Å². The van der Waals surface area contributed by atoms with E-state index in [1.54, 1.807) is 6.07 Å². The zero-order valence-corrected chi connectivity index (χ0v) is 20.3. The molecule has 0 bridgehead atoms. The van der Waals surface area contributed by atoms with Crippen LogP contribution in [0, 0.1) is 0 Å². The Morgan fingerprint density at radius 2 is 1.57 bits per heavy atom. The molecule has 1 amide bonds. The summed E-state index contributed by atoms with van der Waals surface area (Å²) >= 11 is 1.23. The zero-order valence-electron chi connectivity index (χ0n) is 19.5. The van der Waals surface area contributed by atoms with Crippen LogP contribution in [0.15, 0.2) is 48.7 Å². The van der Waals surface area contributed by atoms with Crippen molar-refractivity contribution in [2.24, 2.45) is 0 Å². The van der Waals surface area contributed by atoms with E-state index in [0.29, 0.717) is 12.3 Å². The first kappa shape index (κ1) is 26.0. The van der Waals surface area contributed by atoms with E-state index in [1.807, 2.05) is 30.3 Å². The lowest BCUT2D eigenvalue weighted by atomic mass is 10.1. The summed E-state index contributed by atoms with van der Waals surface area (Å²) in [5.41, 5.74) is 0.379. The van der Waals surface area contributed by atoms with E-state index in [-0.39, 0.29) is 17.4 Å². The molecular weight excluding hydrogens is 476 g/mol. The molecule has 2 heterocycles. The molecule has 35 heavy (non-hydrogen) atoms. The van der Waals surface area contributed by atoms with Crippen molar-refractivity contribution in [2.75, 3.05) is 5.75 Å². The van der Waals surface area contributed by atoms with Crippen LogP contribution in [0.5, 0.6) is 5.75 Å². The van der Waals surface area contributed by atoms with Crippen LogP contribution in [-0.4, -0.2) is 58.3 Å². The van der Waals surface area contributed by atoms with Crippen molar-refractivity contribution in [1.82, 2.24) is 10.3 Å². The first-order valence-electron chi connectivity index (χ1n) is 10.8. The fraction of sp³-hybridized carbons (Fsp3) is 0.375. The van der Waals surface area contributed by atoms with E-state index in [0.717, 1.165) is 5.56 Å². The molecule has 1 fully saturated rings. The molecule has 1 aliphatic rings. The van der Waals surface area contributed by atoms with Crippen LogP contribution in [-0.2, 0) is 35.1 Å². The minimum atomic E-state index is -1.05. The minimum absolute atomic E-state index is 0.203. The molecule has 2 aromatic rings. The number of amides is 1. The van der Waals surface area contributed by atoms with E-state index in [9.17, 15) is 19.2 Å². The highest BCUT2D eigenvalue weighted by Gasteiger charge is 2.47. The maximum atomic E-state index is 12.4. The number of ether oxygens (including phenoxy) is 4. The Hall–Kier alpha value is -3.60. The van der Waals surface area contributed by atoms with Crippen molar-refractivity contribution in [3.63, 3.8) is 0 Å². The number of benzene rings is 1. The summed E-state index contributed by atoms with van der Waals surface area (Å²) in [7, 11) is 0. The van der Waals surface area contributed by atoms with Gasteiger partial charge in [0.2, 0.25) is 0 Å². The highest BCUT2D eigenvalue weighted by molar-refractivity contribution is 7.99. The molecule has 1 aromatic heterocycles. The maximum absolute atomic E-state index is 12.4. The zero-order chi connectivity index (χ0) is 25.4. The summed E-state index contributed by atoms with van der Waals surface area (Å²) in [5, 5.41) is 2.80. The average Bonchev–Trinajstić information content (AvgIpc) is 2.81. The molecule has 3 rings (SSSR count). The first-order chi connectivity index (χ1) is 16.7. The van der Waals surface area contributed by atoms with Gasteiger partial charge in [-0.15, -0.1) is 11.8 Å². The number of carbonyl (C=O) groups excluding carboxylic acids is 4. The Morgan fingerprint density at radius 3 is 2.17 bits per heavy atom. The monoisotopic (exact) mass is 502 g/mol. The van der Waals surface area contributed by atoms with E-state index < -0.39 is 41.7 Å². The smallest absolute Gasteiger partial charge is 0.303 e.